The molecule has 1 aliphatic heterocycles. The van der Waals surface area contributed by atoms with Gasteiger partial charge >= 0.3 is 5.69 Å². The van der Waals surface area contributed by atoms with Gasteiger partial charge in [-0.1, -0.05) is 59.3 Å². The Morgan fingerprint density at radius 2 is 1.95 bits per heavy atom. The normalized spacial score (nSPS) is 16.4. The molecular weight excluding hydrogens is 526 g/mol. The lowest BCUT2D eigenvalue weighted by Crippen LogP contribution is -2.38. The predicted molar refractivity (Wildman–Crippen MR) is 146 cm³/mol. The number of nitro groups is 1. The first-order chi connectivity index (χ1) is 18.4. The summed E-state index contributed by atoms with van der Waals surface area (Å²) in [4.78, 5) is 30.1. The third-order valence-corrected chi connectivity index (χ3v) is 8.09. The Kier molecular flexibility index (Phi) is 5.89. The highest BCUT2D eigenvalue weighted by atomic mass is 35.5. The number of aryl methyl sites for hydroxylation is 1. The van der Waals surface area contributed by atoms with Gasteiger partial charge in [-0.05, 0) is 59.4 Å². The Morgan fingerprint density at radius 3 is 2.68 bits per heavy atom. The summed E-state index contributed by atoms with van der Waals surface area (Å²) in [6.07, 6.45) is 3.17. The molecule has 1 N–H and O–H groups in total. The molecule has 0 bridgehead atoms. The molecule has 38 heavy (non-hydrogen) atoms. The van der Waals surface area contributed by atoms with Crippen LogP contribution < -0.4 is 19.6 Å². The van der Waals surface area contributed by atoms with Crippen molar-refractivity contribution in [3.8, 4) is 11.5 Å². The molecule has 0 fully saturated rings. The molecule has 2 heterocycles. The number of allylic oxidation sites excluding steroid dienone is 1. The van der Waals surface area contributed by atoms with Crippen LogP contribution in [-0.4, -0.2) is 21.7 Å². The van der Waals surface area contributed by atoms with Gasteiger partial charge in [0.1, 0.15) is 0 Å². The van der Waals surface area contributed by atoms with Crippen molar-refractivity contribution in [1.29, 1.82) is 0 Å². The molecule has 1 atom stereocenters. The largest absolute Gasteiger partial charge is 0.500 e. The second kappa shape index (κ2) is 9.27. The first-order valence-electron chi connectivity index (χ1n) is 11.8. The Balaban J connectivity index is 1.60. The number of phenols is 1. The number of thiazole rings is 1. The van der Waals surface area contributed by atoms with Crippen LogP contribution in [-0.2, 0) is 6.42 Å². The van der Waals surface area contributed by atoms with E-state index in [4.69, 9.17) is 21.3 Å². The third-order valence-electron chi connectivity index (χ3n) is 6.85. The molecule has 0 spiro atoms. The molecule has 0 saturated carbocycles. The molecule has 1 aromatic heterocycles. The van der Waals surface area contributed by atoms with Crippen LogP contribution in [0.4, 0.5) is 5.69 Å². The van der Waals surface area contributed by atoms with Crippen LogP contribution in [0, 0.1) is 10.1 Å². The van der Waals surface area contributed by atoms with Crippen molar-refractivity contribution in [3.63, 3.8) is 0 Å². The zero-order valence-electron chi connectivity index (χ0n) is 20.1. The summed E-state index contributed by atoms with van der Waals surface area (Å²) in [5.41, 5.74) is 4.73. The molecule has 4 aromatic rings. The fraction of sp³-hybridized carbons (Fsp3) is 0.143. The number of ether oxygens (including phenoxy) is 1. The number of nitrogens with zero attached hydrogens (tertiary/aromatic N) is 3. The lowest BCUT2D eigenvalue weighted by molar-refractivity contribution is -0.386. The predicted octanol–water partition coefficient (Wildman–Crippen LogP) is 4.59. The average Bonchev–Trinajstić information content (AvgIpc) is 3.23. The quantitative estimate of drug-likeness (QED) is 0.298. The standard InChI is InChI=1S/C28H20ClN3O5S/c1-37-22-13-15(12-21(26(22)33)32(35)36)14-23-27(34)31-25(17-6-9-18(29)10-7-17)20-11-8-16-4-2-3-5-19(16)24(20)30-28(31)38-23/h2-7,9-10,12-14,25,33H,8,11H2,1H3/b23-14+/t25-/m1/s1. The molecule has 3 aromatic carbocycles. The van der Waals surface area contributed by atoms with Gasteiger partial charge in [-0.3, -0.25) is 19.5 Å². The molecule has 10 heteroatoms. The van der Waals surface area contributed by atoms with E-state index in [-0.39, 0.29) is 17.4 Å². The zero-order valence-corrected chi connectivity index (χ0v) is 21.6. The number of rotatable bonds is 4. The van der Waals surface area contributed by atoms with E-state index in [1.807, 2.05) is 36.4 Å². The van der Waals surface area contributed by atoms with Gasteiger partial charge in [0, 0.05) is 16.7 Å². The van der Waals surface area contributed by atoms with Gasteiger partial charge in [0.15, 0.2) is 10.6 Å². The Hall–Kier alpha value is -4.21. The highest BCUT2D eigenvalue weighted by Gasteiger charge is 2.32. The number of phenolic OH excluding ortho intramolecular Hbond substituents is 1. The smallest absolute Gasteiger partial charge is 0.315 e. The monoisotopic (exact) mass is 545 g/mol. The van der Waals surface area contributed by atoms with Crippen LogP contribution in [0.1, 0.15) is 34.7 Å². The fourth-order valence-corrected chi connectivity index (χ4v) is 6.24. The molecule has 0 unspecified atom stereocenters. The minimum Gasteiger partial charge on any atom is -0.500 e. The topological polar surface area (TPSA) is 107 Å². The van der Waals surface area contributed by atoms with E-state index < -0.39 is 16.4 Å². The maximum absolute atomic E-state index is 13.8. The molecule has 2 aliphatic rings. The molecule has 0 radical (unpaired) electrons. The van der Waals surface area contributed by atoms with Crippen LogP contribution in [0.25, 0.3) is 11.8 Å². The molecular formula is C28H20ClN3O5S. The second-order valence-corrected chi connectivity index (χ2v) is 10.5. The number of benzene rings is 3. The van der Waals surface area contributed by atoms with E-state index >= 15 is 0 Å². The summed E-state index contributed by atoms with van der Waals surface area (Å²) in [7, 11) is 1.31. The van der Waals surface area contributed by atoms with Gasteiger partial charge in [-0.15, -0.1) is 0 Å². The number of aromatic hydroxyl groups is 1. The summed E-state index contributed by atoms with van der Waals surface area (Å²) in [5, 5.41) is 22.2. The zero-order chi connectivity index (χ0) is 26.6. The van der Waals surface area contributed by atoms with Crippen molar-refractivity contribution < 1.29 is 14.8 Å². The SMILES string of the molecule is COc1cc(/C=c2/sc3n(c2=O)[C@H](c2ccc(Cl)cc2)C2=C(N=3)c3ccccc3CC2)cc([N+](=O)[O-])c1O. The van der Waals surface area contributed by atoms with E-state index in [2.05, 4.69) is 12.1 Å². The maximum Gasteiger partial charge on any atom is 0.315 e. The maximum atomic E-state index is 13.8. The van der Waals surface area contributed by atoms with E-state index in [0.29, 0.717) is 19.9 Å². The van der Waals surface area contributed by atoms with E-state index in [1.54, 1.807) is 10.6 Å². The van der Waals surface area contributed by atoms with Crippen LogP contribution in [0.2, 0.25) is 5.02 Å². The van der Waals surface area contributed by atoms with Gasteiger partial charge in [-0.2, -0.15) is 0 Å². The number of hydrogen-bond donors (Lipinski definition) is 1. The van der Waals surface area contributed by atoms with Crippen molar-refractivity contribution in [1.82, 2.24) is 4.57 Å². The van der Waals surface area contributed by atoms with Gasteiger partial charge in [-0.25, -0.2) is 4.99 Å². The first-order valence-corrected chi connectivity index (χ1v) is 13.0. The van der Waals surface area contributed by atoms with E-state index in [9.17, 15) is 20.0 Å². The molecule has 6 rings (SSSR count). The van der Waals surface area contributed by atoms with Crippen molar-refractivity contribution in [3.05, 3.63) is 123 Å². The second-order valence-electron chi connectivity index (χ2n) is 9.01. The summed E-state index contributed by atoms with van der Waals surface area (Å²) in [5.74, 6) is -0.616. The van der Waals surface area contributed by atoms with Crippen molar-refractivity contribution in [2.75, 3.05) is 7.11 Å². The van der Waals surface area contributed by atoms with Crippen molar-refractivity contribution >= 4 is 40.4 Å². The third kappa shape index (κ3) is 3.91. The highest BCUT2D eigenvalue weighted by molar-refractivity contribution is 7.07. The van der Waals surface area contributed by atoms with Crippen LogP contribution >= 0.6 is 22.9 Å². The number of methoxy groups -OCH3 is 1. The van der Waals surface area contributed by atoms with Gasteiger partial charge in [0.25, 0.3) is 5.56 Å². The number of fused-ring (bicyclic) bond motifs is 3. The van der Waals surface area contributed by atoms with Gasteiger partial charge < -0.3 is 9.84 Å². The molecule has 190 valence electrons. The lowest BCUT2D eigenvalue weighted by Gasteiger charge is -2.30. The average molecular weight is 546 g/mol. The summed E-state index contributed by atoms with van der Waals surface area (Å²) >= 11 is 7.39. The van der Waals surface area contributed by atoms with Crippen LogP contribution in [0.5, 0.6) is 11.5 Å². The number of aromatic nitrogens is 1. The number of halogens is 1. The fourth-order valence-electron chi connectivity index (χ4n) is 5.11. The van der Waals surface area contributed by atoms with Crippen LogP contribution in [0.15, 0.2) is 76.0 Å². The first kappa shape index (κ1) is 24.1. The van der Waals surface area contributed by atoms with Crippen molar-refractivity contribution in [2.24, 2.45) is 4.99 Å². The summed E-state index contributed by atoms with van der Waals surface area (Å²) in [6, 6.07) is 17.9. The Morgan fingerprint density at radius 1 is 1.18 bits per heavy atom. The van der Waals surface area contributed by atoms with Crippen LogP contribution in [0.3, 0.4) is 0 Å². The molecule has 1 aliphatic carbocycles. The number of hydrogen-bond acceptors (Lipinski definition) is 7. The molecule has 0 saturated heterocycles. The Bertz CT molecular complexity index is 1840. The summed E-state index contributed by atoms with van der Waals surface area (Å²) < 4.78 is 7.17. The summed E-state index contributed by atoms with van der Waals surface area (Å²) in [6.45, 7) is 0. The number of nitro benzene ring substituents is 1. The lowest BCUT2D eigenvalue weighted by atomic mass is 9.83. The minimum absolute atomic E-state index is 0.0515. The van der Waals surface area contributed by atoms with E-state index in [0.717, 1.165) is 35.2 Å². The molecule has 8 nitrogen and oxygen atoms in total. The Labute approximate surface area is 225 Å². The van der Waals surface area contributed by atoms with Crippen molar-refractivity contribution in [2.45, 2.75) is 18.9 Å². The highest BCUT2D eigenvalue weighted by Crippen LogP contribution is 2.41. The van der Waals surface area contributed by atoms with Gasteiger partial charge in [0.2, 0.25) is 5.75 Å². The molecule has 0 amide bonds. The van der Waals surface area contributed by atoms with Gasteiger partial charge in [0.05, 0.1) is 28.3 Å². The van der Waals surface area contributed by atoms with E-state index in [1.165, 1.54) is 36.1 Å². The minimum atomic E-state index is -0.692.